The minimum atomic E-state index is -0.175. The molecule has 0 heterocycles. The fourth-order valence-electron chi connectivity index (χ4n) is 7.18. The van der Waals surface area contributed by atoms with Gasteiger partial charge in [0.2, 0.25) is 0 Å². The molecule has 0 aliphatic heterocycles. The van der Waals surface area contributed by atoms with Crippen LogP contribution in [0, 0.1) is 13.8 Å². The first kappa shape index (κ1) is 30.6. The molecule has 1 aliphatic rings. The summed E-state index contributed by atoms with van der Waals surface area (Å²) in [6, 6.07) is 49.8. The quantitative estimate of drug-likeness (QED) is 0.169. The Balaban J connectivity index is 1.33. The van der Waals surface area contributed by atoms with E-state index in [-0.39, 0.29) is 5.41 Å². The van der Waals surface area contributed by atoms with E-state index in [0.29, 0.717) is 0 Å². The van der Waals surface area contributed by atoms with Crippen LogP contribution in [0.3, 0.4) is 0 Å². The van der Waals surface area contributed by atoms with Crippen molar-refractivity contribution in [1.82, 2.24) is 0 Å². The van der Waals surface area contributed by atoms with E-state index in [2.05, 4.69) is 185 Å². The molecule has 47 heavy (non-hydrogen) atoms. The van der Waals surface area contributed by atoms with Gasteiger partial charge in [0.15, 0.2) is 0 Å². The van der Waals surface area contributed by atoms with Crippen LogP contribution in [-0.2, 0) is 18.3 Å². The van der Waals surface area contributed by atoms with Gasteiger partial charge in [0.05, 0.1) is 0 Å². The Morgan fingerprint density at radius 1 is 0.426 bits per heavy atom. The van der Waals surface area contributed by atoms with Crippen molar-refractivity contribution in [2.75, 3.05) is 9.80 Å². The first-order valence-electron chi connectivity index (χ1n) is 17.0. The maximum Gasteiger partial charge on any atom is 0.0465 e. The van der Waals surface area contributed by atoms with Crippen LogP contribution in [0.25, 0.3) is 11.1 Å². The van der Waals surface area contributed by atoms with Gasteiger partial charge in [0.25, 0.3) is 0 Å². The molecule has 2 heteroatoms. The second-order valence-electron chi connectivity index (χ2n) is 13.5. The lowest BCUT2D eigenvalue weighted by Crippen LogP contribution is -2.17. The average Bonchev–Trinajstić information content (AvgIpc) is 3.31. The molecule has 2 nitrogen and oxygen atoms in total. The van der Waals surface area contributed by atoms with Crippen molar-refractivity contribution in [3.05, 3.63) is 167 Å². The first-order valence-corrected chi connectivity index (χ1v) is 17.0. The topological polar surface area (TPSA) is 6.48 Å². The van der Waals surface area contributed by atoms with Crippen LogP contribution in [0.2, 0.25) is 0 Å². The zero-order chi connectivity index (χ0) is 32.7. The summed E-state index contributed by atoms with van der Waals surface area (Å²) < 4.78 is 0. The lowest BCUT2D eigenvalue weighted by Gasteiger charge is -2.29. The third kappa shape index (κ3) is 5.63. The fraction of sp³-hybridized carbons (Fsp3) is 0.200. The van der Waals surface area contributed by atoms with Crippen LogP contribution in [-0.4, -0.2) is 0 Å². The van der Waals surface area contributed by atoms with Gasteiger partial charge in [-0.05, 0) is 144 Å². The van der Waals surface area contributed by atoms with E-state index in [9.17, 15) is 0 Å². The molecule has 0 N–H and O–H groups in total. The standard InChI is InChI=1S/C45H44N2/c1-7-33-15-19-35(20-16-33)46(37-13-9-11-31(3)27-37)39-23-25-41-42-26-24-40(30-44(42)45(5,6)43(41)29-39)47(38-14-10-12-32(4)28-38)36-21-17-34(8-2)18-22-36/h9-30H,7-8H2,1-6H3. The molecular formula is C45H44N2. The highest BCUT2D eigenvalue weighted by Gasteiger charge is 2.37. The predicted molar refractivity (Wildman–Crippen MR) is 202 cm³/mol. The minimum absolute atomic E-state index is 0.175. The van der Waals surface area contributed by atoms with Crippen LogP contribution in [0.15, 0.2) is 133 Å². The third-order valence-corrected chi connectivity index (χ3v) is 9.88. The van der Waals surface area contributed by atoms with Gasteiger partial charge in [-0.3, -0.25) is 0 Å². The van der Waals surface area contributed by atoms with Crippen molar-refractivity contribution >= 4 is 34.1 Å². The van der Waals surface area contributed by atoms with Crippen LogP contribution in [0.1, 0.15) is 61.1 Å². The molecule has 0 atom stereocenters. The summed E-state index contributed by atoms with van der Waals surface area (Å²) in [6.45, 7) is 13.5. The lowest BCUT2D eigenvalue weighted by molar-refractivity contribution is 0.660. The SMILES string of the molecule is CCc1ccc(N(c2cccc(C)c2)c2ccc3c(c2)C(C)(C)c2cc(N(c4ccc(CC)cc4)c4cccc(C)c4)ccc2-3)cc1. The third-order valence-electron chi connectivity index (χ3n) is 9.88. The number of rotatable bonds is 8. The highest BCUT2D eigenvalue weighted by Crippen LogP contribution is 2.52. The molecule has 0 unspecified atom stereocenters. The molecule has 0 saturated heterocycles. The van der Waals surface area contributed by atoms with Crippen molar-refractivity contribution in [3.63, 3.8) is 0 Å². The summed E-state index contributed by atoms with van der Waals surface area (Å²) >= 11 is 0. The molecule has 6 aromatic carbocycles. The number of anilines is 6. The van der Waals surface area contributed by atoms with E-state index in [4.69, 9.17) is 0 Å². The molecule has 0 bridgehead atoms. The van der Waals surface area contributed by atoms with Gasteiger partial charge in [-0.25, -0.2) is 0 Å². The number of hydrogen-bond donors (Lipinski definition) is 0. The van der Waals surface area contributed by atoms with Crippen molar-refractivity contribution in [2.45, 2.75) is 59.8 Å². The summed E-state index contributed by atoms with van der Waals surface area (Å²) in [5.41, 5.74) is 17.4. The smallest absolute Gasteiger partial charge is 0.0465 e. The zero-order valence-corrected chi connectivity index (χ0v) is 28.5. The Morgan fingerprint density at radius 3 is 1.15 bits per heavy atom. The maximum atomic E-state index is 2.42. The highest BCUT2D eigenvalue weighted by molar-refractivity contribution is 5.88. The van der Waals surface area contributed by atoms with Gasteiger partial charge >= 0.3 is 0 Å². The number of hydrogen-bond acceptors (Lipinski definition) is 2. The molecule has 0 spiro atoms. The van der Waals surface area contributed by atoms with E-state index in [1.54, 1.807) is 0 Å². The Kier molecular flexibility index (Phi) is 7.98. The second-order valence-corrected chi connectivity index (χ2v) is 13.5. The van der Waals surface area contributed by atoms with Gasteiger partial charge in [-0.1, -0.05) is 88.4 Å². The molecule has 6 aromatic rings. The monoisotopic (exact) mass is 612 g/mol. The Labute approximate surface area is 281 Å². The molecule has 0 radical (unpaired) electrons. The van der Waals surface area contributed by atoms with E-state index in [1.165, 1.54) is 78.6 Å². The van der Waals surface area contributed by atoms with E-state index in [1.807, 2.05) is 0 Å². The minimum Gasteiger partial charge on any atom is -0.310 e. The second kappa shape index (κ2) is 12.3. The first-order chi connectivity index (χ1) is 22.8. The molecular weight excluding hydrogens is 569 g/mol. The molecule has 0 saturated carbocycles. The fourth-order valence-corrected chi connectivity index (χ4v) is 7.18. The number of benzene rings is 6. The number of fused-ring (bicyclic) bond motifs is 3. The van der Waals surface area contributed by atoms with Crippen LogP contribution in [0.5, 0.6) is 0 Å². The molecule has 0 aromatic heterocycles. The van der Waals surface area contributed by atoms with Crippen LogP contribution < -0.4 is 9.80 Å². The van der Waals surface area contributed by atoms with E-state index in [0.717, 1.165) is 12.8 Å². The molecule has 234 valence electrons. The van der Waals surface area contributed by atoms with Crippen molar-refractivity contribution < 1.29 is 0 Å². The highest BCUT2D eigenvalue weighted by atomic mass is 15.1. The van der Waals surface area contributed by atoms with Gasteiger partial charge in [-0.2, -0.15) is 0 Å². The van der Waals surface area contributed by atoms with Crippen molar-refractivity contribution in [3.8, 4) is 11.1 Å². The Morgan fingerprint density at radius 2 is 0.787 bits per heavy atom. The zero-order valence-electron chi connectivity index (χ0n) is 28.5. The summed E-state index contributed by atoms with van der Waals surface area (Å²) in [5.74, 6) is 0. The normalized spacial score (nSPS) is 12.8. The number of aryl methyl sites for hydroxylation is 4. The molecule has 0 fully saturated rings. The number of nitrogens with zero attached hydrogens (tertiary/aromatic N) is 2. The maximum absolute atomic E-state index is 2.42. The van der Waals surface area contributed by atoms with Crippen molar-refractivity contribution in [1.29, 1.82) is 0 Å². The molecule has 0 amide bonds. The Bertz CT molecular complexity index is 1900. The van der Waals surface area contributed by atoms with Gasteiger partial charge < -0.3 is 9.80 Å². The Hall–Kier alpha value is -5.08. The molecule has 7 rings (SSSR count). The summed E-state index contributed by atoms with van der Waals surface area (Å²) in [6.07, 6.45) is 2.06. The van der Waals surface area contributed by atoms with Gasteiger partial charge in [0, 0.05) is 39.5 Å². The summed E-state index contributed by atoms with van der Waals surface area (Å²) in [7, 11) is 0. The van der Waals surface area contributed by atoms with E-state index < -0.39 is 0 Å². The van der Waals surface area contributed by atoms with E-state index >= 15 is 0 Å². The average molecular weight is 613 g/mol. The van der Waals surface area contributed by atoms with Crippen LogP contribution in [0.4, 0.5) is 34.1 Å². The van der Waals surface area contributed by atoms with Gasteiger partial charge in [0.1, 0.15) is 0 Å². The lowest BCUT2D eigenvalue weighted by atomic mass is 9.82. The molecule has 1 aliphatic carbocycles. The largest absolute Gasteiger partial charge is 0.310 e. The predicted octanol–water partition coefficient (Wildman–Crippen LogP) is 12.7. The van der Waals surface area contributed by atoms with Crippen LogP contribution >= 0.6 is 0 Å². The van der Waals surface area contributed by atoms with Crippen molar-refractivity contribution in [2.24, 2.45) is 0 Å². The summed E-state index contributed by atoms with van der Waals surface area (Å²) in [4.78, 5) is 4.80. The summed E-state index contributed by atoms with van der Waals surface area (Å²) in [5, 5.41) is 0. The van der Waals surface area contributed by atoms with Gasteiger partial charge in [-0.15, -0.1) is 0 Å².